The van der Waals surface area contributed by atoms with E-state index >= 15 is 0 Å². The second kappa shape index (κ2) is 4.42. The van der Waals surface area contributed by atoms with Gasteiger partial charge in [0.05, 0.1) is 5.60 Å². The standard InChI is InChI=1S/C13H25NO/c1-13(2,3)15-8-4-7-14-10-11-5-6-12(14)9-11/h11-12H,4-10H2,1-3H3/t11-,12+/m1/s1. The van der Waals surface area contributed by atoms with E-state index < -0.39 is 0 Å². The summed E-state index contributed by atoms with van der Waals surface area (Å²) in [7, 11) is 0. The lowest BCUT2D eigenvalue weighted by Crippen LogP contribution is -2.33. The minimum absolute atomic E-state index is 0.0318. The Bertz CT molecular complexity index is 209. The molecule has 2 fully saturated rings. The van der Waals surface area contributed by atoms with Gasteiger partial charge in [-0.15, -0.1) is 0 Å². The van der Waals surface area contributed by atoms with Crippen LogP contribution in [0.2, 0.25) is 0 Å². The lowest BCUT2D eigenvalue weighted by molar-refractivity contribution is -0.00775. The molecule has 2 nitrogen and oxygen atoms in total. The molecule has 2 bridgehead atoms. The van der Waals surface area contributed by atoms with Gasteiger partial charge in [-0.3, -0.25) is 0 Å². The number of hydrogen-bond acceptors (Lipinski definition) is 2. The average Bonchev–Trinajstić information content (AvgIpc) is 2.71. The van der Waals surface area contributed by atoms with Gasteiger partial charge in [-0.05, 0) is 52.4 Å². The number of ether oxygens (including phenoxy) is 1. The molecule has 0 spiro atoms. The van der Waals surface area contributed by atoms with E-state index in [0.29, 0.717) is 0 Å². The molecule has 1 aliphatic heterocycles. The van der Waals surface area contributed by atoms with Crippen molar-refractivity contribution >= 4 is 0 Å². The fourth-order valence-electron chi connectivity index (χ4n) is 2.95. The van der Waals surface area contributed by atoms with Crippen molar-refractivity contribution < 1.29 is 4.74 Å². The quantitative estimate of drug-likeness (QED) is 0.663. The van der Waals surface area contributed by atoms with E-state index in [-0.39, 0.29) is 5.60 Å². The minimum Gasteiger partial charge on any atom is -0.376 e. The number of nitrogens with zero attached hydrogens (tertiary/aromatic N) is 1. The van der Waals surface area contributed by atoms with Crippen LogP contribution in [-0.2, 0) is 4.74 Å². The van der Waals surface area contributed by atoms with Crippen molar-refractivity contribution in [2.45, 2.75) is 58.1 Å². The molecule has 0 amide bonds. The Balaban J connectivity index is 1.59. The molecule has 1 saturated carbocycles. The zero-order valence-corrected chi connectivity index (χ0v) is 10.5. The maximum atomic E-state index is 5.74. The Labute approximate surface area is 94.0 Å². The Morgan fingerprint density at radius 3 is 2.60 bits per heavy atom. The zero-order chi connectivity index (χ0) is 10.9. The van der Waals surface area contributed by atoms with Crippen LogP contribution in [0, 0.1) is 5.92 Å². The molecule has 1 saturated heterocycles. The molecule has 2 rings (SSSR count). The normalized spacial score (nSPS) is 31.4. The maximum absolute atomic E-state index is 5.74. The highest BCUT2D eigenvalue weighted by atomic mass is 16.5. The van der Waals surface area contributed by atoms with Gasteiger partial charge >= 0.3 is 0 Å². The van der Waals surface area contributed by atoms with Crippen molar-refractivity contribution in [3.8, 4) is 0 Å². The monoisotopic (exact) mass is 211 g/mol. The molecule has 2 atom stereocenters. The third-order valence-corrected chi connectivity index (χ3v) is 3.65. The first-order valence-electron chi connectivity index (χ1n) is 6.42. The molecular formula is C13H25NO. The number of piperidine rings is 1. The molecule has 0 N–H and O–H groups in total. The third-order valence-electron chi connectivity index (χ3n) is 3.65. The SMILES string of the molecule is CC(C)(C)OCCCN1C[C@@H]2CC[C@H]1C2. The van der Waals surface area contributed by atoms with Crippen LogP contribution >= 0.6 is 0 Å². The van der Waals surface area contributed by atoms with Gasteiger partial charge in [-0.25, -0.2) is 0 Å². The van der Waals surface area contributed by atoms with Crippen molar-refractivity contribution in [2.75, 3.05) is 19.7 Å². The van der Waals surface area contributed by atoms with Crippen molar-refractivity contribution in [2.24, 2.45) is 5.92 Å². The first-order chi connectivity index (χ1) is 7.04. The molecular weight excluding hydrogens is 186 g/mol. The molecule has 15 heavy (non-hydrogen) atoms. The van der Waals surface area contributed by atoms with Gasteiger partial charge in [-0.2, -0.15) is 0 Å². The molecule has 88 valence electrons. The third kappa shape index (κ3) is 3.18. The van der Waals surface area contributed by atoms with E-state index in [4.69, 9.17) is 4.74 Å². The topological polar surface area (TPSA) is 12.5 Å². The van der Waals surface area contributed by atoms with E-state index in [9.17, 15) is 0 Å². The van der Waals surface area contributed by atoms with E-state index in [2.05, 4.69) is 25.7 Å². The van der Waals surface area contributed by atoms with E-state index in [0.717, 1.165) is 18.6 Å². The summed E-state index contributed by atoms with van der Waals surface area (Å²) in [5.74, 6) is 1.03. The van der Waals surface area contributed by atoms with Crippen LogP contribution in [0.25, 0.3) is 0 Å². The Kier molecular flexibility index (Phi) is 3.36. The highest BCUT2D eigenvalue weighted by Crippen LogP contribution is 2.37. The zero-order valence-electron chi connectivity index (χ0n) is 10.5. The van der Waals surface area contributed by atoms with Gasteiger partial charge in [-0.1, -0.05) is 0 Å². The molecule has 0 aromatic heterocycles. The molecule has 0 unspecified atom stereocenters. The number of hydrogen-bond donors (Lipinski definition) is 0. The Hall–Kier alpha value is -0.0800. The van der Waals surface area contributed by atoms with E-state index in [1.54, 1.807) is 0 Å². The van der Waals surface area contributed by atoms with Gasteiger partial charge < -0.3 is 9.64 Å². The van der Waals surface area contributed by atoms with Crippen LogP contribution in [0.4, 0.5) is 0 Å². The average molecular weight is 211 g/mol. The highest BCUT2D eigenvalue weighted by Gasteiger charge is 2.36. The number of fused-ring (bicyclic) bond motifs is 2. The summed E-state index contributed by atoms with van der Waals surface area (Å²) in [5.41, 5.74) is 0.0318. The van der Waals surface area contributed by atoms with Gasteiger partial charge in [0.2, 0.25) is 0 Å². The summed E-state index contributed by atoms with van der Waals surface area (Å²) in [6.45, 7) is 9.91. The van der Waals surface area contributed by atoms with Crippen molar-refractivity contribution in [3.63, 3.8) is 0 Å². The molecule has 0 aromatic rings. The van der Waals surface area contributed by atoms with Crippen molar-refractivity contribution in [1.82, 2.24) is 4.90 Å². The maximum Gasteiger partial charge on any atom is 0.0598 e. The summed E-state index contributed by atoms with van der Waals surface area (Å²) in [6, 6.07) is 0.921. The fraction of sp³-hybridized carbons (Fsp3) is 1.00. The summed E-state index contributed by atoms with van der Waals surface area (Å²) < 4.78 is 5.74. The Morgan fingerprint density at radius 1 is 1.27 bits per heavy atom. The summed E-state index contributed by atoms with van der Waals surface area (Å²) in [5, 5.41) is 0. The van der Waals surface area contributed by atoms with E-state index in [1.807, 2.05) is 0 Å². The molecule has 2 heteroatoms. The van der Waals surface area contributed by atoms with Gasteiger partial charge in [0.15, 0.2) is 0 Å². The molecule has 0 radical (unpaired) electrons. The summed E-state index contributed by atoms with van der Waals surface area (Å²) in [4.78, 5) is 2.68. The predicted octanol–water partition coefficient (Wildman–Crippen LogP) is 2.68. The highest BCUT2D eigenvalue weighted by molar-refractivity contribution is 4.91. The van der Waals surface area contributed by atoms with Gasteiger partial charge in [0, 0.05) is 25.7 Å². The van der Waals surface area contributed by atoms with E-state index in [1.165, 1.54) is 38.8 Å². The van der Waals surface area contributed by atoms with Gasteiger partial charge in [0.1, 0.15) is 0 Å². The van der Waals surface area contributed by atoms with Crippen LogP contribution in [0.3, 0.4) is 0 Å². The lowest BCUT2D eigenvalue weighted by Gasteiger charge is -2.27. The first-order valence-corrected chi connectivity index (χ1v) is 6.42. The number of rotatable bonds is 4. The van der Waals surface area contributed by atoms with Crippen molar-refractivity contribution in [3.05, 3.63) is 0 Å². The molecule has 2 aliphatic rings. The smallest absolute Gasteiger partial charge is 0.0598 e. The van der Waals surface area contributed by atoms with Crippen molar-refractivity contribution in [1.29, 1.82) is 0 Å². The molecule has 1 aliphatic carbocycles. The summed E-state index contributed by atoms with van der Waals surface area (Å²) >= 11 is 0. The summed E-state index contributed by atoms with van der Waals surface area (Å²) in [6.07, 6.45) is 5.60. The lowest BCUT2D eigenvalue weighted by atomic mass is 10.1. The van der Waals surface area contributed by atoms with Gasteiger partial charge in [0.25, 0.3) is 0 Å². The second-order valence-electron chi connectivity index (χ2n) is 6.14. The molecule has 1 heterocycles. The van der Waals surface area contributed by atoms with Crippen LogP contribution in [0.5, 0.6) is 0 Å². The van der Waals surface area contributed by atoms with Crippen LogP contribution < -0.4 is 0 Å². The molecule has 0 aromatic carbocycles. The van der Waals surface area contributed by atoms with Crippen LogP contribution in [0.15, 0.2) is 0 Å². The number of likely N-dealkylation sites (tertiary alicyclic amines) is 1. The van der Waals surface area contributed by atoms with Crippen LogP contribution in [-0.4, -0.2) is 36.2 Å². The first kappa shape index (κ1) is 11.4. The minimum atomic E-state index is 0.0318. The second-order valence-corrected chi connectivity index (χ2v) is 6.14. The van der Waals surface area contributed by atoms with Crippen LogP contribution in [0.1, 0.15) is 46.5 Å². The largest absolute Gasteiger partial charge is 0.376 e. The predicted molar refractivity (Wildman–Crippen MR) is 63.0 cm³/mol. The fourth-order valence-corrected chi connectivity index (χ4v) is 2.95. The Morgan fingerprint density at radius 2 is 2.07 bits per heavy atom.